The van der Waals surface area contributed by atoms with Crippen molar-refractivity contribution in [1.29, 1.82) is 0 Å². The van der Waals surface area contributed by atoms with Crippen molar-refractivity contribution in [2.75, 3.05) is 6.54 Å². The number of ether oxygens (including phenoxy) is 1. The van der Waals surface area contributed by atoms with Crippen molar-refractivity contribution in [1.82, 2.24) is 4.90 Å². The van der Waals surface area contributed by atoms with E-state index in [2.05, 4.69) is 6.92 Å². The predicted octanol–water partition coefficient (Wildman–Crippen LogP) is 1.95. The number of likely N-dealkylation sites (tertiary alicyclic amines) is 1. The Kier molecular flexibility index (Phi) is 3.93. The first-order chi connectivity index (χ1) is 6.40. The molecule has 3 nitrogen and oxygen atoms in total. The lowest BCUT2D eigenvalue weighted by Crippen LogP contribution is -2.48. The second kappa shape index (κ2) is 4.60. The predicted molar refractivity (Wildman–Crippen MR) is 56.9 cm³/mol. The van der Waals surface area contributed by atoms with Crippen molar-refractivity contribution < 1.29 is 9.84 Å². The number of rotatable bonds is 2. The highest BCUT2D eigenvalue weighted by Gasteiger charge is 2.28. The Morgan fingerprint density at radius 1 is 1.36 bits per heavy atom. The maximum Gasteiger partial charge on any atom is 0.216 e. The third kappa shape index (κ3) is 3.56. The second-order valence-electron chi connectivity index (χ2n) is 5.14. The van der Waals surface area contributed by atoms with Gasteiger partial charge in [0.25, 0.3) is 0 Å². The van der Waals surface area contributed by atoms with Crippen LogP contribution in [0.1, 0.15) is 47.0 Å². The molecule has 1 saturated heterocycles. The van der Waals surface area contributed by atoms with E-state index in [9.17, 15) is 5.11 Å². The fourth-order valence-corrected chi connectivity index (χ4v) is 1.83. The van der Waals surface area contributed by atoms with E-state index >= 15 is 0 Å². The van der Waals surface area contributed by atoms with Crippen LogP contribution in [0.15, 0.2) is 0 Å². The molecule has 1 N–H and O–H groups in total. The first-order valence-corrected chi connectivity index (χ1v) is 5.52. The molecule has 1 rings (SSSR count). The molecule has 1 heterocycles. The Balaban J connectivity index is 2.46. The van der Waals surface area contributed by atoms with Crippen LogP contribution in [-0.4, -0.2) is 34.6 Å². The molecule has 2 unspecified atom stereocenters. The van der Waals surface area contributed by atoms with Crippen LogP contribution in [0.25, 0.3) is 0 Å². The molecular formula is C11H23NO2. The van der Waals surface area contributed by atoms with Crippen molar-refractivity contribution in [3.8, 4) is 0 Å². The molecule has 2 atom stereocenters. The summed E-state index contributed by atoms with van der Waals surface area (Å²) in [6, 6.07) is 0.432. The minimum atomic E-state index is -0.745. The summed E-state index contributed by atoms with van der Waals surface area (Å²) < 4.78 is 5.53. The zero-order valence-electron chi connectivity index (χ0n) is 9.79. The quantitative estimate of drug-likeness (QED) is 0.693. The van der Waals surface area contributed by atoms with Crippen molar-refractivity contribution >= 4 is 0 Å². The highest BCUT2D eigenvalue weighted by molar-refractivity contribution is 4.73. The average Bonchev–Trinajstić information content (AvgIpc) is 2.01. The number of nitrogens with zero attached hydrogens (tertiary/aromatic N) is 1. The normalized spacial score (nSPS) is 27.6. The van der Waals surface area contributed by atoms with Crippen LogP contribution in [-0.2, 0) is 4.74 Å². The lowest BCUT2D eigenvalue weighted by molar-refractivity contribution is -0.250. The van der Waals surface area contributed by atoms with Gasteiger partial charge in [-0.15, -0.1) is 0 Å². The van der Waals surface area contributed by atoms with E-state index in [-0.39, 0.29) is 5.60 Å². The summed E-state index contributed by atoms with van der Waals surface area (Å²) in [6.07, 6.45) is 2.84. The molecule has 14 heavy (non-hydrogen) atoms. The van der Waals surface area contributed by atoms with E-state index in [0.29, 0.717) is 6.04 Å². The summed E-state index contributed by atoms with van der Waals surface area (Å²) >= 11 is 0. The largest absolute Gasteiger partial charge is 0.356 e. The van der Waals surface area contributed by atoms with Gasteiger partial charge in [0.1, 0.15) is 0 Å². The molecular weight excluding hydrogens is 178 g/mol. The maximum atomic E-state index is 9.88. The van der Waals surface area contributed by atoms with Gasteiger partial charge in [0.2, 0.25) is 6.41 Å². The first kappa shape index (κ1) is 12.0. The molecule has 1 aliphatic heterocycles. The smallest absolute Gasteiger partial charge is 0.216 e. The molecule has 84 valence electrons. The molecule has 0 radical (unpaired) electrons. The van der Waals surface area contributed by atoms with Crippen molar-refractivity contribution in [3.05, 3.63) is 0 Å². The second-order valence-corrected chi connectivity index (χ2v) is 5.14. The van der Waals surface area contributed by atoms with Crippen molar-refractivity contribution in [2.45, 2.75) is 65.0 Å². The van der Waals surface area contributed by atoms with Crippen LogP contribution in [0.2, 0.25) is 0 Å². The minimum absolute atomic E-state index is 0.281. The molecule has 0 aromatic heterocycles. The molecule has 0 amide bonds. The minimum Gasteiger partial charge on any atom is -0.356 e. The molecule has 3 heteroatoms. The summed E-state index contributed by atoms with van der Waals surface area (Å²) in [5, 5.41) is 9.88. The molecule has 1 fully saturated rings. The number of aliphatic hydroxyl groups excluding tert-OH is 1. The topological polar surface area (TPSA) is 32.7 Å². The Labute approximate surface area is 87.1 Å². The molecule has 0 aromatic rings. The average molecular weight is 201 g/mol. The van der Waals surface area contributed by atoms with Gasteiger partial charge in [-0.05, 0) is 40.5 Å². The summed E-state index contributed by atoms with van der Waals surface area (Å²) in [5.41, 5.74) is -0.281. The van der Waals surface area contributed by atoms with Crippen LogP contribution in [0, 0.1) is 0 Å². The Morgan fingerprint density at radius 2 is 2.00 bits per heavy atom. The van der Waals surface area contributed by atoms with E-state index in [1.807, 2.05) is 25.7 Å². The lowest BCUT2D eigenvalue weighted by Gasteiger charge is -2.38. The monoisotopic (exact) mass is 201 g/mol. The third-order valence-electron chi connectivity index (χ3n) is 2.60. The fraction of sp³-hybridized carbons (Fsp3) is 1.00. The third-order valence-corrected chi connectivity index (χ3v) is 2.60. The van der Waals surface area contributed by atoms with Gasteiger partial charge in [-0.3, -0.25) is 4.90 Å². The van der Waals surface area contributed by atoms with Crippen LogP contribution in [0.4, 0.5) is 0 Å². The van der Waals surface area contributed by atoms with Crippen molar-refractivity contribution in [2.24, 2.45) is 0 Å². The molecule has 1 aliphatic rings. The molecule has 0 bridgehead atoms. The number of piperidine rings is 1. The molecule has 0 aliphatic carbocycles. The van der Waals surface area contributed by atoms with Gasteiger partial charge < -0.3 is 9.84 Å². The van der Waals surface area contributed by atoms with Gasteiger partial charge in [-0.25, -0.2) is 0 Å². The summed E-state index contributed by atoms with van der Waals surface area (Å²) in [4.78, 5) is 2.04. The van der Waals surface area contributed by atoms with Gasteiger partial charge in [0.15, 0.2) is 0 Å². The van der Waals surface area contributed by atoms with E-state index in [1.54, 1.807) is 0 Å². The Hall–Kier alpha value is -0.120. The van der Waals surface area contributed by atoms with Crippen LogP contribution < -0.4 is 0 Å². The fourth-order valence-electron chi connectivity index (χ4n) is 1.83. The highest BCUT2D eigenvalue weighted by atomic mass is 16.6. The highest BCUT2D eigenvalue weighted by Crippen LogP contribution is 2.21. The lowest BCUT2D eigenvalue weighted by atomic mass is 10.0. The Morgan fingerprint density at radius 3 is 2.50 bits per heavy atom. The van der Waals surface area contributed by atoms with Gasteiger partial charge in [-0.2, -0.15) is 0 Å². The molecule has 0 spiro atoms. The van der Waals surface area contributed by atoms with Crippen LogP contribution in [0.3, 0.4) is 0 Å². The molecule has 0 saturated carbocycles. The number of hydrogen-bond donors (Lipinski definition) is 1. The van der Waals surface area contributed by atoms with Gasteiger partial charge in [-0.1, -0.05) is 6.42 Å². The van der Waals surface area contributed by atoms with Gasteiger partial charge in [0, 0.05) is 12.6 Å². The van der Waals surface area contributed by atoms with Crippen LogP contribution in [0.5, 0.6) is 0 Å². The standard InChI is InChI=1S/C11H23NO2/c1-9-7-5-6-8-12(9)10(13)14-11(2,3)4/h9-10,13H,5-8H2,1-4H3. The van der Waals surface area contributed by atoms with E-state index < -0.39 is 6.41 Å². The maximum absolute atomic E-state index is 9.88. The van der Waals surface area contributed by atoms with E-state index in [0.717, 1.165) is 19.4 Å². The Bertz CT molecular complexity index is 177. The van der Waals surface area contributed by atoms with Gasteiger partial charge >= 0.3 is 0 Å². The van der Waals surface area contributed by atoms with Crippen LogP contribution >= 0.6 is 0 Å². The molecule has 0 aromatic carbocycles. The first-order valence-electron chi connectivity index (χ1n) is 5.52. The van der Waals surface area contributed by atoms with Crippen molar-refractivity contribution in [3.63, 3.8) is 0 Å². The number of aliphatic hydroxyl groups is 1. The summed E-state index contributed by atoms with van der Waals surface area (Å²) in [6.45, 7) is 8.98. The van der Waals surface area contributed by atoms with Gasteiger partial charge in [0.05, 0.1) is 5.60 Å². The van der Waals surface area contributed by atoms with E-state index in [4.69, 9.17) is 4.74 Å². The van der Waals surface area contributed by atoms with E-state index in [1.165, 1.54) is 6.42 Å². The summed E-state index contributed by atoms with van der Waals surface area (Å²) in [7, 11) is 0. The zero-order valence-corrected chi connectivity index (χ0v) is 9.79. The number of hydrogen-bond acceptors (Lipinski definition) is 3. The summed E-state index contributed by atoms with van der Waals surface area (Å²) in [5.74, 6) is 0. The zero-order chi connectivity index (χ0) is 10.8. The SMILES string of the molecule is CC1CCCCN1C(O)OC(C)(C)C.